The van der Waals surface area contributed by atoms with E-state index in [1.807, 2.05) is 59.5 Å². The summed E-state index contributed by atoms with van der Waals surface area (Å²) in [6, 6.07) is 17.7. The number of nitrogens with zero attached hydrogens (tertiary/aromatic N) is 2. The van der Waals surface area contributed by atoms with Crippen molar-refractivity contribution in [2.75, 3.05) is 44.6 Å². The van der Waals surface area contributed by atoms with Crippen LogP contribution in [0.1, 0.15) is 23.2 Å². The fraction of sp³-hybridized carbons (Fsp3) is 0.409. The van der Waals surface area contributed by atoms with Crippen molar-refractivity contribution in [3.63, 3.8) is 0 Å². The zero-order valence-corrected chi connectivity index (χ0v) is 15.6. The molecule has 0 radical (unpaired) electrons. The SMILES string of the molecule is O=C(c1ccccc1Nc1ccccc1)N1CCN(CC2CCCO2)CC1. The van der Waals surface area contributed by atoms with Crippen LogP contribution in [0, 0.1) is 0 Å². The van der Waals surface area contributed by atoms with Gasteiger partial charge in [0, 0.05) is 45.0 Å². The third-order valence-electron chi connectivity index (χ3n) is 5.36. The van der Waals surface area contributed by atoms with E-state index in [2.05, 4.69) is 10.2 Å². The minimum atomic E-state index is 0.103. The summed E-state index contributed by atoms with van der Waals surface area (Å²) in [7, 11) is 0. The van der Waals surface area contributed by atoms with Crippen LogP contribution in [-0.2, 0) is 4.74 Å². The molecule has 5 nitrogen and oxygen atoms in total. The first kappa shape index (κ1) is 18.0. The summed E-state index contributed by atoms with van der Waals surface area (Å²) in [5.41, 5.74) is 2.57. The lowest BCUT2D eigenvalue weighted by Crippen LogP contribution is -2.50. The Kier molecular flexibility index (Phi) is 5.70. The Labute approximate surface area is 160 Å². The molecule has 2 aliphatic heterocycles. The minimum Gasteiger partial charge on any atom is -0.377 e. The molecule has 0 aliphatic carbocycles. The molecule has 27 heavy (non-hydrogen) atoms. The van der Waals surface area contributed by atoms with Crippen molar-refractivity contribution in [2.45, 2.75) is 18.9 Å². The molecular weight excluding hydrogens is 338 g/mol. The van der Waals surface area contributed by atoms with Gasteiger partial charge in [-0.3, -0.25) is 9.69 Å². The van der Waals surface area contributed by atoms with Gasteiger partial charge >= 0.3 is 0 Å². The number of amides is 1. The van der Waals surface area contributed by atoms with Gasteiger partial charge in [0.2, 0.25) is 0 Å². The van der Waals surface area contributed by atoms with Gasteiger partial charge in [0.15, 0.2) is 0 Å². The first-order valence-electron chi connectivity index (χ1n) is 9.84. The minimum absolute atomic E-state index is 0.103. The number of piperazine rings is 1. The zero-order valence-electron chi connectivity index (χ0n) is 15.6. The normalized spacial score (nSPS) is 20.6. The second-order valence-electron chi connectivity index (χ2n) is 7.26. The molecule has 2 fully saturated rings. The monoisotopic (exact) mass is 365 g/mol. The summed E-state index contributed by atoms with van der Waals surface area (Å²) in [6.07, 6.45) is 2.72. The van der Waals surface area contributed by atoms with Crippen molar-refractivity contribution < 1.29 is 9.53 Å². The lowest BCUT2D eigenvalue weighted by molar-refractivity contribution is 0.0433. The number of rotatable bonds is 5. The predicted molar refractivity (Wildman–Crippen MR) is 107 cm³/mol. The molecule has 1 amide bonds. The van der Waals surface area contributed by atoms with E-state index in [9.17, 15) is 4.79 Å². The number of benzene rings is 2. The molecule has 0 spiro atoms. The summed E-state index contributed by atoms with van der Waals surface area (Å²) in [5.74, 6) is 0.103. The maximum Gasteiger partial charge on any atom is 0.256 e. The Morgan fingerprint density at radius 3 is 2.48 bits per heavy atom. The number of nitrogens with one attached hydrogen (secondary N) is 1. The van der Waals surface area contributed by atoms with E-state index in [-0.39, 0.29) is 5.91 Å². The third kappa shape index (κ3) is 4.49. The fourth-order valence-corrected chi connectivity index (χ4v) is 3.84. The van der Waals surface area contributed by atoms with Crippen molar-refractivity contribution in [3.05, 3.63) is 60.2 Å². The highest BCUT2D eigenvalue weighted by atomic mass is 16.5. The van der Waals surface area contributed by atoms with Gasteiger partial charge in [0.05, 0.1) is 17.4 Å². The van der Waals surface area contributed by atoms with Gasteiger partial charge in [-0.25, -0.2) is 0 Å². The van der Waals surface area contributed by atoms with E-state index >= 15 is 0 Å². The lowest BCUT2D eigenvalue weighted by Gasteiger charge is -2.36. The molecule has 2 saturated heterocycles. The highest BCUT2D eigenvalue weighted by Crippen LogP contribution is 2.23. The van der Waals surface area contributed by atoms with E-state index in [0.29, 0.717) is 6.10 Å². The number of para-hydroxylation sites is 2. The molecule has 2 aromatic rings. The van der Waals surface area contributed by atoms with Crippen LogP contribution in [0.2, 0.25) is 0 Å². The standard InChI is InChI=1S/C22H27N3O2/c26-22(25-14-12-24(13-15-25)17-19-9-6-16-27-19)20-10-4-5-11-21(20)23-18-7-2-1-3-8-18/h1-5,7-8,10-11,19,23H,6,9,12-17H2. The van der Waals surface area contributed by atoms with E-state index in [1.165, 1.54) is 6.42 Å². The Hall–Kier alpha value is -2.37. The van der Waals surface area contributed by atoms with E-state index < -0.39 is 0 Å². The average Bonchev–Trinajstić information content (AvgIpc) is 3.22. The average molecular weight is 365 g/mol. The molecule has 1 N–H and O–H groups in total. The first-order chi connectivity index (χ1) is 13.3. The van der Waals surface area contributed by atoms with Crippen LogP contribution < -0.4 is 5.32 Å². The summed E-state index contributed by atoms with van der Waals surface area (Å²) < 4.78 is 5.74. The summed E-state index contributed by atoms with van der Waals surface area (Å²) >= 11 is 0. The Balaban J connectivity index is 1.38. The van der Waals surface area contributed by atoms with Gasteiger partial charge in [-0.15, -0.1) is 0 Å². The number of hydrogen-bond donors (Lipinski definition) is 1. The zero-order chi connectivity index (χ0) is 18.5. The van der Waals surface area contributed by atoms with Crippen LogP contribution in [0.15, 0.2) is 54.6 Å². The maximum absolute atomic E-state index is 13.1. The molecule has 5 heteroatoms. The van der Waals surface area contributed by atoms with Crippen molar-refractivity contribution >= 4 is 17.3 Å². The molecular formula is C22H27N3O2. The van der Waals surface area contributed by atoms with Gasteiger partial charge in [0.25, 0.3) is 5.91 Å². The molecule has 142 valence electrons. The molecule has 0 aromatic heterocycles. The van der Waals surface area contributed by atoms with E-state index in [1.54, 1.807) is 0 Å². The van der Waals surface area contributed by atoms with E-state index in [4.69, 9.17) is 4.74 Å². The van der Waals surface area contributed by atoms with Gasteiger partial charge in [-0.05, 0) is 37.1 Å². The summed E-state index contributed by atoms with van der Waals surface area (Å²) in [5, 5.41) is 3.38. The summed E-state index contributed by atoms with van der Waals surface area (Å²) in [6.45, 7) is 5.26. The molecule has 1 atom stereocenters. The predicted octanol–water partition coefficient (Wildman–Crippen LogP) is 3.37. The Morgan fingerprint density at radius 1 is 1.00 bits per heavy atom. The van der Waals surface area contributed by atoms with Gasteiger partial charge < -0.3 is 15.0 Å². The highest BCUT2D eigenvalue weighted by molar-refractivity contribution is 6.00. The van der Waals surface area contributed by atoms with Crippen LogP contribution in [0.5, 0.6) is 0 Å². The second-order valence-corrected chi connectivity index (χ2v) is 7.26. The largest absolute Gasteiger partial charge is 0.377 e. The van der Waals surface area contributed by atoms with Crippen molar-refractivity contribution in [3.8, 4) is 0 Å². The van der Waals surface area contributed by atoms with Crippen LogP contribution in [0.25, 0.3) is 0 Å². The third-order valence-corrected chi connectivity index (χ3v) is 5.36. The number of carbonyl (C=O) groups excluding carboxylic acids is 1. The smallest absolute Gasteiger partial charge is 0.256 e. The number of carbonyl (C=O) groups is 1. The van der Waals surface area contributed by atoms with Crippen molar-refractivity contribution in [1.82, 2.24) is 9.80 Å². The number of hydrogen-bond acceptors (Lipinski definition) is 4. The van der Waals surface area contributed by atoms with E-state index in [0.717, 1.165) is 62.7 Å². The maximum atomic E-state index is 13.1. The molecule has 0 bridgehead atoms. The first-order valence-corrected chi connectivity index (χ1v) is 9.84. The van der Waals surface area contributed by atoms with Crippen LogP contribution in [0.4, 0.5) is 11.4 Å². The van der Waals surface area contributed by atoms with Gasteiger partial charge in [-0.2, -0.15) is 0 Å². The van der Waals surface area contributed by atoms with Crippen molar-refractivity contribution in [1.29, 1.82) is 0 Å². The molecule has 4 rings (SSSR count). The quantitative estimate of drug-likeness (QED) is 0.882. The van der Waals surface area contributed by atoms with Gasteiger partial charge in [-0.1, -0.05) is 30.3 Å². The van der Waals surface area contributed by atoms with Crippen LogP contribution >= 0.6 is 0 Å². The van der Waals surface area contributed by atoms with Crippen LogP contribution in [-0.4, -0.2) is 61.1 Å². The van der Waals surface area contributed by atoms with Crippen molar-refractivity contribution in [2.24, 2.45) is 0 Å². The number of ether oxygens (including phenoxy) is 1. The van der Waals surface area contributed by atoms with Gasteiger partial charge in [0.1, 0.15) is 0 Å². The Morgan fingerprint density at radius 2 is 1.74 bits per heavy atom. The molecule has 2 heterocycles. The lowest BCUT2D eigenvalue weighted by atomic mass is 10.1. The topological polar surface area (TPSA) is 44.8 Å². The second kappa shape index (κ2) is 8.55. The fourth-order valence-electron chi connectivity index (χ4n) is 3.84. The highest BCUT2D eigenvalue weighted by Gasteiger charge is 2.26. The Bertz CT molecular complexity index is 751. The summed E-state index contributed by atoms with van der Waals surface area (Å²) in [4.78, 5) is 17.5. The molecule has 0 saturated carbocycles. The number of anilines is 2. The molecule has 1 unspecified atom stereocenters. The van der Waals surface area contributed by atoms with Crippen LogP contribution in [0.3, 0.4) is 0 Å². The molecule has 2 aromatic carbocycles. The molecule has 2 aliphatic rings.